The van der Waals surface area contributed by atoms with Crippen molar-refractivity contribution in [3.8, 4) is 0 Å². The zero-order chi connectivity index (χ0) is 4.95. The highest BCUT2D eigenvalue weighted by Crippen LogP contribution is 1.86. The van der Waals surface area contributed by atoms with Crippen LogP contribution in [-0.2, 0) is 14.5 Å². The van der Waals surface area contributed by atoms with E-state index in [9.17, 15) is 0 Å². The second-order valence-electron chi connectivity index (χ2n) is 1.26. The molecule has 0 spiro atoms. The monoisotopic (exact) mass is 104 g/mol. The second kappa shape index (κ2) is 2.96. The molecule has 0 radical (unpaired) electrons. The van der Waals surface area contributed by atoms with Gasteiger partial charge in [-0.1, -0.05) is 0 Å². The fraction of sp³-hybridized carbons (Fsp3) is 1.00. The minimum absolute atomic E-state index is 0.556. The Hall–Kier alpha value is -0.120. The molecule has 0 aromatic heterocycles. The lowest BCUT2D eigenvalue weighted by molar-refractivity contribution is -0.284. The first kappa shape index (κ1) is 5.03. The van der Waals surface area contributed by atoms with Crippen LogP contribution >= 0.6 is 0 Å². The van der Waals surface area contributed by atoms with E-state index in [2.05, 4.69) is 9.78 Å². The van der Waals surface area contributed by atoms with Gasteiger partial charge < -0.3 is 4.74 Å². The van der Waals surface area contributed by atoms with Gasteiger partial charge in [-0.05, 0) is 0 Å². The lowest BCUT2D eigenvalue weighted by Gasteiger charge is -1.90. The number of hydrogen-bond donors (Lipinski definition) is 0. The van der Waals surface area contributed by atoms with E-state index in [1.54, 1.807) is 0 Å². The van der Waals surface area contributed by atoms with Crippen LogP contribution in [0.2, 0.25) is 0 Å². The molecule has 7 heavy (non-hydrogen) atoms. The quantitative estimate of drug-likeness (QED) is 0.404. The van der Waals surface area contributed by atoms with Crippen molar-refractivity contribution in [2.75, 3.05) is 26.4 Å². The molecule has 0 saturated carbocycles. The van der Waals surface area contributed by atoms with Gasteiger partial charge in [0.1, 0.15) is 13.2 Å². The van der Waals surface area contributed by atoms with Crippen molar-refractivity contribution in [1.29, 1.82) is 0 Å². The molecule has 0 atom stereocenters. The van der Waals surface area contributed by atoms with Gasteiger partial charge in [-0.25, -0.2) is 9.78 Å². The molecule has 1 heterocycles. The lowest BCUT2D eigenvalue weighted by atomic mass is 10.7. The summed E-state index contributed by atoms with van der Waals surface area (Å²) in [5.41, 5.74) is 0. The minimum Gasteiger partial charge on any atom is -0.376 e. The summed E-state index contributed by atoms with van der Waals surface area (Å²) in [6.07, 6.45) is 0. The largest absolute Gasteiger partial charge is 0.376 e. The van der Waals surface area contributed by atoms with Gasteiger partial charge in [0.05, 0.1) is 13.2 Å². The standard InChI is InChI=1S/C4H8O3/c1-3-6-7-4-2-5-1/h1-4H2. The molecule has 1 saturated heterocycles. The van der Waals surface area contributed by atoms with E-state index in [4.69, 9.17) is 4.74 Å². The van der Waals surface area contributed by atoms with Crippen LogP contribution in [0.5, 0.6) is 0 Å². The smallest absolute Gasteiger partial charge is 0.106 e. The van der Waals surface area contributed by atoms with Gasteiger partial charge in [-0.3, -0.25) is 0 Å². The van der Waals surface area contributed by atoms with Gasteiger partial charge in [0.2, 0.25) is 0 Å². The van der Waals surface area contributed by atoms with Crippen LogP contribution in [-0.4, -0.2) is 26.4 Å². The molecular weight excluding hydrogens is 96.0 g/mol. The normalized spacial score (nSPS) is 24.0. The average Bonchev–Trinajstić information content (AvgIpc) is 1.90. The fourth-order valence-electron chi connectivity index (χ4n) is 0.406. The first-order chi connectivity index (χ1) is 3.50. The molecule has 1 rings (SSSR count). The Kier molecular flexibility index (Phi) is 2.12. The van der Waals surface area contributed by atoms with E-state index >= 15 is 0 Å². The molecule has 0 amide bonds. The molecule has 1 aliphatic heterocycles. The van der Waals surface area contributed by atoms with E-state index in [0.29, 0.717) is 26.4 Å². The number of rotatable bonds is 0. The van der Waals surface area contributed by atoms with Crippen molar-refractivity contribution in [2.24, 2.45) is 0 Å². The van der Waals surface area contributed by atoms with Crippen molar-refractivity contribution in [1.82, 2.24) is 0 Å². The summed E-state index contributed by atoms with van der Waals surface area (Å²) >= 11 is 0. The first-order valence-electron chi connectivity index (χ1n) is 2.32. The second-order valence-corrected chi connectivity index (χ2v) is 1.26. The van der Waals surface area contributed by atoms with Crippen molar-refractivity contribution >= 4 is 0 Å². The average molecular weight is 104 g/mol. The maximum atomic E-state index is 4.94. The predicted octanol–water partition coefficient (Wildman–Crippen LogP) is -0.0352. The molecule has 0 N–H and O–H groups in total. The molecule has 0 unspecified atom stereocenters. The summed E-state index contributed by atoms with van der Waals surface area (Å²) < 4.78 is 4.94. The van der Waals surface area contributed by atoms with E-state index in [1.165, 1.54) is 0 Å². The Labute approximate surface area is 42.1 Å². The zero-order valence-corrected chi connectivity index (χ0v) is 4.05. The molecule has 0 aromatic rings. The summed E-state index contributed by atoms with van der Waals surface area (Å²) in [6, 6.07) is 0. The van der Waals surface area contributed by atoms with Crippen LogP contribution in [0.3, 0.4) is 0 Å². The molecular formula is C4H8O3. The Morgan fingerprint density at radius 1 is 0.714 bits per heavy atom. The number of hydrogen-bond acceptors (Lipinski definition) is 3. The van der Waals surface area contributed by atoms with Gasteiger partial charge in [0, 0.05) is 0 Å². The summed E-state index contributed by atoms with van der Waals surface area (Å²) in [4.78, 5) is 9.14. The molecule has 3 nitrogen and oxygen atoms in total. The maximum Gasteiger partial charge on any atom is 0.106 e. The van der Waals surface area contributed by atoms with Gasteiger partial charge in [-0.15, -0.1) is 0 Å². The van der Waals surface area contributed by atoms with Gasteiger partial charge >= 0.3 is 0 Å². The first-order valence-corrected chi connectivity index (χ1v) is 2.32. The van der Waals surface area contributed by atoms with Gasteiger partial charge in [0.25, 0.3) is 0 Å². The molecule has 1 aliphatic rings. The lowest BCUT2D eigenvalue weighted by Crippen LogP contribution is -1.96. The summed E-state index contributed by atoms with van der Waals surface area (Å²) in [6.45, 7) is 2.42. The molecule has 42 valence electrons. The third-order valence-electron chi connectivity index (χ3n) is 0.705. The van der Waals surface area contributed by atoms with Crippen LogP contribution in [0.1, 0.15) is 0 Å². The van der Waals surface area contributed by atoms with Crippen molar-refractivity contribution in [3.63, 3.8) is 0 Å². The summed E-state index contributed by atoms with van der Waals surface area (Å²) in [5.74, 6) is 0. The molecule has 3 heteroatoms. The fourth-order valence-corrected chi connectivity index (χ4v) is 0.406. The highest BCUT2D eigenvalue weighted by Gasteiger charge is 1.95. The van der Waals surface area contributed by atoms with E-state index in [1.807, 2.05) is 0 Å². The van der Waals surface area contributed by atoms with Crippen molar-refractivity contribution in [2.45, 2.75) is 0 Å². The third kappa shape index (κ3) is 1.87. The van der Waals surface area contributed by atoms with Crippen molar-refractivity contribution in [3.05, 3.63) is 0 Å². The Balaban J connectivity index is 2.04. The van der Waals surface area contributed by atoms with Crippen LogP contribution in [0.4, 0.5) is 0 Å². The molecule has 0 aromatic carbocycles. The van der Waals surface area contributed by atoms with Crippen LogP contribution in [0.25, 0.3) is 0 Å². The highest BCUT2D eigenvalue weighted by atomic mass is 17.2. The Morgan fingerprint density at radius 2 is 1.29 bits per heavy atom. The van der Waals surface area contributed by atoms with Crippen molar-refractivity contribution < 1.29 is 14.5 Å². The van der Waals surface area contributed by atoms with E-state index in [0.717, 1.165) is 0 Å². The summed E-state index contributed by atoms with van der Waals surface area (Å²) in [5, 5.41) is 0. The van der Waals surface area contributed by atoms with Crippen LogP contribution in [0, 0.1) is 0 Å². The van der Waals surface area contributed by atoms with E-state index in [-0.39, 0.29) is 0 Å². The summed E-state index contributed by atoms with van der Waals surface area (Å²) in [7, 11) is 0. The zero-order valence-electron chi connectivity index (χ0n) is 4.05. The van der Waals surface area contributed by atoms with Crippen LogP contribution < -0.4 is 0 Å². The Morgan fingerprint density at radius 3 is 1.86 bits per heavy atom. The maximum absolute atomic E-state index is 4.94. The van der Waals surface area contributed by atoms with Crippen LogP contribution in [0.15, 0.2) is 0 Å². The van der Waals surface area contributed by atoms with Gasteiger partial charge in [-0.2, -0.15) is 0 Å². The third-order valence-corrected chi connectivity index (χ3v) is 0.705. The van der Waals surface area contributed by atoms with Gasteiger partial charge in [0.15, 0.2) is 0 Å². The SMILES string of the molecule is C1COOCCO1. The minimum atomic E-state index is 0.556. The Bertz CT molecular complexity index is 26.5. The predicted molar refractivity (Wildman–Crippen MR) is 22.7 cm³/mol. The topological polar surface area (TPSA) is 27.7 Å². The highest BCUT2D eigenvalue weighted by molar-refractivity contribution is 4.30. The number of ether oxygens (including phenoxy) is 1. The molecule has 0 bridgehead atoms. The molecule has 1 fully saturated rings. The van der Waals surface area contributed by atoms with E-state index < -0.39 is 0 Å². The molecule has 0 aliphatic carbocycles.